The van der Waals surface area contributed by atoms with Gasteiger partial charge in [0.1, 0.15) is 5.69 Å². The van der Waals surface area contributed by atoms with Crippen LogP contribution >= 0.6 is 0 Å². The lowest BCUT2D eigenvalue weighted by Crippen LogP contribution is -2.36. The predicted molar refractivity (Wildman–Crippen MR) is 57.0 cm³/mol. The zero-order valence-corrected chi connectivity index (χ0v) is 9.30. The van der Waals surface area contributed by atoms with Gasteiger partial charge in [0.15, 0.2) is 0 Å². The number of rotatable bonds is 5. The van der Waals surface area contributed by atoms with Crippen molar-refractivity contribution in [1.82, 2.24) is 15.1 Å². The molecule has 1 amide bonds. The topological polar surface area (TPSA) is 86.3 Å². The Morgan fingerprint density at radius 1 is 1.62 bits per heavy atom. The highest BCUT2D eigenvalue weighted by Gasteiger charge is 2.20. The highest BCUT2D eigenvalue weighted by atomic mass is 16.4. The molecule has 0 saturated carbocycles. The maximum Gasteiger partial charge on any atom is 0.308 e. The quantitative estimate of drug-likeness (QED) is 0.768. The number of carboxylic acids is 1. The van der Waals surface area contributed by atoms with Crippen molar-refractivity contribution < 1.29 is 14.7 Å². The molecule has 0 bridgehead atoms. The van der Waals surface area contributed by atoms with E-state index in [1.807, 2.05) is 6.92 Å². The standard InChI is InChI=1S/C10H15N3O3/c1-3-13(6-7(2)10(15)16)9(14)8-4-5-11-12-8/h4-5,7H,3,6H2,1-2H3,(H,11,12)(H,15,16). The molecule has 0 aliphatic rings. The largest absolute Gasteiger partial charge is 0.481 e. The van der Waals surface area contributed by atoms with E-state index in [2.05, 4.69) is 10.2 Å². The SMILES string of the molecule is CCN(CC(C)C(=O)O)C(=O)c1ccn[nH]1. The van der Waals surface area contributed by atoms with Gasteiger partial charge >= 0.3 is 5.97 Å². The third kappa shape index (κ3) is 2.82. The Bertz CT molecular complexity index is 361. The fourth-order valence-corrected chi connectivity index (χ4v) is 1.31. The number of H-pyrrole nitrogens is 1. The summed E-state index contributed by atoms with van der Waals surface area (Å²) in [6.07, 6.45) is 1.49. The van der Waals surface area contributed by atoms with Gasteiger partial charge in [-0.3, -0.25) is 14.7 Å². The second kappa shape index (κ2) is 5.29. The number of amides is 1. The molecule has 0 fully saturated rings. The molecular formula is C10H15N3O3. The third-order valence-corrected chi connectivity index (χ3v) is 2.32. The highest BCUT2D eigenvalue weighted by molar-refractivity contribution is 5.92. The van der Waals surface area contributed by atoms with E-state index in [9.17, 15) is 9.59 Å². The van der Waals surface area contributed by atoms with Crippen LogP contribution in [0.1, 0.15) is 24.3 Å². The molecule has 1 aromatic rings. The Hall–Kier alpha value is -1.85. The van der Waals surface area contributed by atoms with Crippen molar-refractivity contribution in [3.63, 3.8) is 0 Å². The normalized spacial score (nSPS) is 12.1. The van der Waals surface area contributed by atoms with Crippen LogP contribution in [-0.2, 0) is 4.79 Å². The summed E-state index contributed by atoms with van der Waals surface area (Å²) >= 11 is 0. The van der Waals surface area contributed by atoms with Crippen LogP contribution in [0.3, 0.4) is 0 Å². The van der Waals surface area contributed by atoms with Gasteiger partial charge in [-0.25, -0.2) is 0 Å². The molecule has 1 unspecified atom stereocenters. The molecule has 0 spiro atoms. The summed E-state index contributed by atoms with van der Waals surface area (Å²) in [6.45, 7) is 4.05. The Kier molecular flexibility index (Phi) is 4.04. The Balaban J connectivity index is 2.68. The third-order valence-electron chi connectivity index (χ3n) is 2.32. The zero-order valence-electron chi connectivity index (χ0n) is 9.30. The minimum atomic E-state index is -0.907. The summed E-state index contributed by atoms with van der Waals surface area (Å²) in [7, 11) is 0. The van der Waals surface area contributed by atoms with E-state index in [0.717, 1.165) is 0 Å². The second-order valence-corrected chi connectivity index (χ2v) is 3.55. The van der Waals surface area contributed by atoms with Crippen LogP contribution in [0.4, 0.5) is 0 Å². The van der Waals surface area contributed by atoms with Crippen molar-refractivity contribution in [3.8, 4) is 0 Å². The van der Waals surface area contributed by atoms with Gasteiger partial charge < -0.3 is 10.0 Å². The number of aromatic amines is 1. The van der Waals surface area contributed by atoms with E-state index in [1.54, 1.807) is 13.0 Å². The molecule has 1 atom stereocenters. The number of carbonyl (C=O) groups is 2. The van der Waals surface area contributed by atoms with Crippen LogP contribution in [0, 0.1) is 5.92 Å². The van der Waals surface area contributed by atoms with Gasteiger partial charge in [0.25, 0.3) is 5.91 Å². The fraction of sp³-hybridized carbons (Fsp3) is 0.500. The minimum absolute atomic E-state index is 0.198. The minimum Gasteiger partial charge on any atom is -0.481 e. The molecule has 1 rings (SSSR count). The van der Waals surface area contributed by atoms with Gasteiger partial charge in [-0.2, -0.15) is 5.10 Å². The maximum absolute atomic E-state index is 11.9. The van der Waals surface area contributed by atoms with Crippen molar-refractivity contribution in [1.29, 1.82) is 0 Å². The van der Waals surface area contributed by atoms with Crippen molar-refractivity contribution in [2.75, 3.05) is 13.1 Å². The molecule has 88 valence electrons. The van der Waals surface area contributed by atoms with Gasteiger partial charge in [-0.1, -0.05) is 6.92 Å². The summed E-state index contributed by atoms with van der Waals surface area (Å²) in [4.78, 5) is 24.0. The van der Waals surface area contributed by atoms with E-state index in [-0.39, 0.29) is 12.5 Å². The van der Waals surface area contributed by atoms with Gasteiger partial charge in [0, 0.05) is 19.3 Å². The maximum atomic E-state index is 11.9. The average Bonchev–Trinajstić information content (AvgIpc) is 2.77. The predicted octanol–water partition coefficient (Wildman–Crippen LogP) is 0.592. The molecule has 0 radical (unpaired) electrons. The summed E-state index contributed by atoms with van der Waals surface area (Å²) in [5, 5.41) is 15.0. The van der Waals surface area contributed by atoms with E-state index < -0.39 is 11.9 Å². The van der Waals surface area contributed by atoms with Crippen LogP contribution in [0.2, 0.25) is 0 Å². The van der Waals surface area contributed by atoms with E-state index in [0.29, 0.717) is 12.2 Å². The number of hydrogen-bond donors (Lipinski definition) is 2. The van der Waals surface area contributed by atoms with Gasteiger partial charge in [0.2, 0.25) is 0 Å². The highest BCUT2D eigenvalue weighted by Crippen LogP contribution is 2.05. The second-order valence-electron chi connectivity index (χ2n) is 3.55. The molecule has 6 nitrogen and oxygen atoms in total. The van der Waals surface area contributed by atoms with Crippen LogP contribution in [0.15, 0.2) is 12.3 Å². The first-order valence-electron chi connectivity index (χ1n) is 5.07. The first-order valence-corrected chi connectivity index (χ1v) is 5.07. The van der Waals surface area contributed by atoms with Crippen molar-refractivity contribution >= 4 is 11.9 Å². The Morgan fingerprint density at radius 3 is 2.75 bits per heavy atom. The lowest BCUT2D eigenvalue weighted by atomic mass is 10.1. The summed E-state index contributed by atoms with van der Waals surface area (Å²) in [6, 6.07) is 1.57. The monoisotopic (exact) mass is 225 g/mol. The number of carboxylic acid groups (broad SMARTS) is 1. The smallest absolute Gasteiger partial charge is 0.308 e. The Morgan fingerprint density at radius 2 is 2.31 bits per heavy atom. The lowest BCUT2D eigenvalue weighted by molar-refractivity contribution is -0.141. The molecule has 0 aliphatic carbocycles. The Labute approximate surface area is 93.3 Å². The molecule has 1 heterocycles. The fourth-order valence-electron chi connectivity index (χ4n) is 1.31. The van der Waals surface area contributed by atoms with E-state index >= 15 is 0 Å². The molecule has 1 aromatic heterocycles. The summed E-state index contributed by atoms with van der Waals surface area (Å²) in [5.41, 5.74) is 0.374. The van der Waals surface area contributed by atoms with E-state index in [4.69, 9.17) is 5.11 Å². The number of aromatic nitrogens is 2. The van der Waals surface area contributed by atoms with Crippen LogP contribution in [0.25, 0.3) is 0 Å². The number of nitrogens with zero attached hydrogens (tertiary/aromatic N) is 2. The molecule has 2 N–H and O–H groups in total. The molecule has 6 heteroatoms. The number of hydrogen-bond acceptors (Lipinski definition) is 3. The molecule has 0 aromatic carbocycles. The molecule has 0 aliphatic heterocycles. The van der Waals surface area contributed by atoms with Crippen molar-refractivity contribution in [3.05, 3.63) is 18.0 Å². The zero-order chi connectivity index (χ0) is 12.1. The molecule has 16 heavy (non-hydrogen) atoms. The van der Waals surface area contributed by atoms with Gasteiger partial charge in [0.05, 0.1) is 5.92 Å². The molecule has 0 saturated heterocycles. The number of nitrogens with one attached hydrogen (secondary N) is 1. The van der Waals surface area contributed by atoms with Gasteiger partial charge in [-0.05, 0) is 13.0 Å². The lowest BCUT2D eigenvalue weighted by Gasteiger charge is -2.21. The van der Waals surface area contributed by atoms with Gasteiger partial charge in [-0.15, -0.1) is 0 Å². The van der Waals surface area contributed by atoms with Crippen LogP contribution < -0.4 is 0 Å². The first kappa shape index (κ1) is 12.2. The average molecular weight is 225 g/mol. The molecular weight excluding hydrogens is 210 g/mol. The number of carbonyl (C=O) groups excluding carboxylic acids is 1. The summed E-state index contributed by atoms with van der Waals surface area (Å²) in [5.74, 6) is -1.71. The van der Waals surface area contributed by atoms with Crippen molar-refractivity contribution in [2.45, 2.75) is 13.8 Å². The van der Waals surface area contributed by atoms with E-state index in [1.165, 1.54) is 11.1 Å². The summed E-state index contributed by atoms with van der Waals surface area (Å²) < 4.78 is 0. The van der Waals surface area contributed by atoms with Crippen molar-refractivity contribution in [2.24, 2.45) is 5.92 Å². The van der Waals surface area contributed by atoms with Crippen LogP contribution in [0.5, 0.6) is 0 Å². The number of aliphatic carboxylic acids is 1. The van der Waals surface area contributed by atoms with Crippen LogP contribution in [-0.4, -0.2) is 45.2 Å². The first-order chi connectivity index (χ1) is 7.56.